The molecule has 0 bridgehead atoms. The van der Waals surface area contributed by atoms with Crippen molar-refractivity contribution in [3.05, 3.63) is 26.3 Å². The van der Waals surface area contributed by atoms with Crippen molar-refractivity contribution in [1.29, 1.82) is 0 Å². The summed E-state index contributed by atoms with van der Waals surface area (Å²) in [4.78, 5) is 8.89. The van der Waals surface area contributed by atoms with Crippen molar-refractivity contribution in [2.45, 2.75) is 6.92 Å². The molecular weight excluding hydrogens is 104 g/mol. The molecule has 0 spiro atoms. The Bertz CT molecular complexity index is 44.5. The summed E-state index contributed by atoms with van der Waals surface area (Å²) in [7, 11) is 0. The van der Waals surface area contributed by atoms with Gasteiger partial charge in [-0.05, 0) is 6.92 Å². The highest BCUT2D eigenvalue weighted by Crippen LogP contribution is 1.31. The van der Waals surface area contributed by atoms with Crippen LogP contribution in [0.5, 0.6) is 0 Å². The van der Waals surface area contributed by atoms with Crippen LogP contribution < -0.4 is 5.11 Å². The first kappa shape index (κ1) is 15.8. The Hall–Kier alpha value is -1.05. The van der Waals surface area contributed by atoms with Gasteiger partial charge in [0, 0.05) is 5.97 Å². The SMILES string of the molecule is C=C.C=C.CC(=O)[O-]. The second-order valence-electron chi connectivity index (χ2n) is 0.492. The van der Waals surface area contributed by atoms with Crippen LogP contribution in [-0.2, 0) is 4.79 Å². The van der Waals surface area contributed by atoms with Gasteiger partial charge >= 0.3 is 0 Å². The van der Waals surface area contributed by atoms with Gasteiger partial charge in [0.15, 0.2) is 0 Å². The topological polar surface area (TPSA) is 40.1 Å². The van der Waals surface area contributed by atoms with E-state index in [4.69, 9.17) is 9.90 Å². The van der Waals surface area contributed by atoms with Crippen molar-refractivity contribution in [1.82, 2.24) is 0 Å². The lowest BCUT2D eigenvalue weighted by atomic mass is 10.9. The highest BCUT2D eigenvalue weighted by molar-refractivity contribution is 5.60. The Morgan fingerprint density at radius 1 is 1.25 bits per heavy atom. The van der Waals surface area contributed by atoms with Gasteiger partial charge in [0.2, 0.25) is 0 Å². The minimum Gasteiger partial charge on any atom is -0.550 e. The zero-order valence-electron chi connectivity index (χ0n) is 5.14. The van der Waals surface area contributed by atoms with Crippen LogP contribution in [0.4, 0.5) is 0 Å². The molecule has 0 rings (SSSR count). The molecule has 48 valence electrons. The first-order valence-electron chi connectivity index (χ1n) is 1.91. The number of carboxylic acids is 1. The second-order valence-corrected chi connectivity index (χ2v) is 0.492. The van der Waals surface area contributed by atoms with Gasteiger partial charge in [0.25, 0.3) is 0 Å². The predicted molar refractivity (Wildman–Crippen MR) is 33.2 cm³/mol. The van der Waals surface area contributed by atoms with E-state index in [9.17, 15) is 0 Å². The number of carboxylic acid groups (broad SMARTS) is 1. The van der Waals surface area contributed by atoms with E-state index in [1.54, 1.807) is 0 Å². The summed E-state index contributed by atoms with van der Waals surface area (Å²) in [5, 5.41) is 8.89. The van der Waals surface area contributed by atoms with Crippen LogP contribution >= 0.6 is 0 Å². The summed E-state index contributed by atoms with van der Waals surface area (Å²) in [6.07, 6.45) is 0. The van der Waals surface area contributed by atoms with Gasteiger partial charge in [-0.2, -0.15) is 0 Å². The number of aliphatic carboxylic acids is 1. The molecule has 0 fully saturated rings. The number of hydrogen-bond donors (Lipinski definition) is 0. The van der Waals surface area contributed by atoms with Crippen molar-refractivity contribution >= 4 is 5.97 Å². The van der Waals surface area contributed by atoms with Crippen LogP contribution in [0, 0.1) is 0 Å². The standard InChI is InChI=1S/C2H4O2.2C2H4/c1-2(3)4;2*1-2/h1H3,(H,3,4);2*1-2H2/p-1. The van der Waals surface area contributed by atoms with Crippen LogP contribution in [0.25, 0.3) is 0 Å². The minimum atomic E-state index is -1.08. The van der Waals surface area contributed by atoms with Crippen molar-refractivity contribution in [2.24, 2.45) is 0 Å². The lowest BCUT2D eigenvalue weighted by molar-refractivity contribution is -0.302. The lowest BCUT2D eigenvalue weighted by Crippen LogP contribution is -2.16. The summed E-state index contributed by atoms with van der Waals surface area (Å²) in [6, 6.07) is 0. The Labute approximate surface area is 50.2 Å². The molecule has 2 heteroatoms. The van der Waals surface area contributed by atoms with Gasteiger partial charge in [0.05, 0.1) is 0 Å². The first-order chi connectivity index (χ1) is 3.73. The average molecular weight is 115 g/mol. The fourth-order valence-corrected chi connectivity index (χ4v) is 0. The van der Waals surface area contributed by atoms with Crippen LogP contribution in [0.2, 0.25) is 0 Å². The molecular formula is C6H11O2-. The Kier molecular flexibility index (Phi) is 75.6. The molecule has 0 aliphatic heterocycles. The van der Waals surface area contributed by atoms with Crippen molar-refractivity contribution in [3.63, 3.8) is 0 Å². The molecule has 0 saturated carbocycles. The van der Waals surface area contributed by atoms with Gasteiger partial charge in [-0.3, -0.25) is 0 Å². The maximum absolute atomic E-state index is 8.89. The summed E-state index contributed by atoms with van der Waals surface area (Å²) < 4.78 is 0. The normalized spacial score (nSPS) is 4.12. The van der Waals surface area contributed by atoms with E-state index >= 15 is 0 Å². The summed E-state index contributed by atoms with van der Waals surface area (Å²) >= 11 is 0. The zero-order chi connectivity index (χ0) is 7.58. The predicted octanol–water partition coefficient (Wildman–Crippen LogP) is 0.361. The maximum Gasteiger partial charge on any atom is 0.0383 e. The van der Waals surface area contributed by atoms with Crippen LogP contribution in [-0.4, -0.2) is 5.97 Å². The molecule has 8 heavy (non-hydrogen) atoms. The summed E-state index contributed by atoms with van der Waals surface area (Å²) in [5.74, 6) is -1.08. The van der Waals surface area contributed by atoms with Crippen molar-refractivity contribution in [3.8, 4) is 0 Å². The minimum absolute atomic E-state index is 0.972. The van der Waals surface area contributed by atoms with E-state index < -0.39 is 5.97 Å². The van der Waals surface area contributed by atoms with Crippen LogP contribution in [0.15, 0.2) is 26.3 Å². The summed E-state index contributed by atoms with van der Waals surface area (Å²) in [6.45, 7) is 13.0. The molecule has 2 nitrogen and oxygen atoms in total. The molecule has 0 saturated heterocycles. The monoisotopic (exact) mass is 115 g/mol. The van der Waals surface area contributed by atoms with Gasteiger partial charge < -0.3 is 9.90 Å². The van der Waals surface area contributed by atoms with Gasteiger partial charge in [-0.1, -0.05) is 0 Å². The third-order valence-corrected chi connectivity index (χ3v) is 0. The molecule has 0 amide bonds. The third kappa shape index (κ3) is 70.1. The quantitative estimate of drug-likeness (QED) is 0.428. The van der Waals surface area contributed by atoms with E-state index in [2.05, 4.69) is 26.3 Å². The number of carbonyl (C=O) groups excluding carboxylic acids is 1. The molecule has 0 unspecified atom stereocenters. The lowest BCUT2D eigenvalue weighted by Gasteiger charge is -1.77. The average Bonchev–Trinajstić information content (AvgIpc) is 1.75. The number of hydrogen-bond acceptors (Lipinski definition) is 2. The van der Waals surface area contributed by atoms with Crippen molar-refractivity contribution < 1.29 is 9.90 Å². The molecule has 0 aromatic heterocycles. The largest absolute Gasteiger partial charge is 0.550 e. The first-order valence-corrected chi connectivity index (χ1v) is 1.91. The fraction of sp³-hybridized carbons (Fsp3) is 0.167. The van der Waals surface area contributed by atoms with E-state index in [1.165, 1.54) is 0 Å². The van der Waals surface area contributed by atoms with Crippen LogP contribution in [0.3, 0.4) is 0 Å². The smallest absolute Gasteiger partial charge is 0.0383 e. The molecule has 0 aromatic rings. The van der Waals surface area contributed by atoms with E-state index in [0.717, 1.165) is 6.92 Å². The number of rotatable bonds is 0. The Morgan fingerprint density at radius 3 is 1.25 bits per heavy atom. The Balaban J connectivity index is -0.0000000542. The highest BCUT2D eigenvalue weighted by Gasteiger charge is 1.46. The molecule has 0 aromatic carbocycles. The second kappa shape index (κ2) is 38.3. The van der Waals surface area contributed by atoms with Crippen molar-refractivity contribution in [2.75, 3.05) is 0 Å². The molecule has 0 atom stereocenters. The molecule has 0 radical (unpaired) electrons. The molecule has 0 aliphatic rings. The number of carbonyl (C=O) groups is 1. The van der Waals surface area contributed by atoms with Crippen LogP contribution in [0.1, 0.15) is 6.92 Å². The Morgan fingerprint density at radius 2 is 1.25 bits per heavy atom. The fourth-order valence-electron chi connectivity index (χ4n) is 0. The van der Waals surface area contributed by atoms with Gasteiger partial charge in [0.1, 0.15) is 0 Å². The molecule has 0 aliphatic carbocycles. The van der Waals surface area contributed by atoms with E-state index in [-0.39, 0.29) is 0 Å². The molecule has 0 heterocycles. The summed E-state index contributed by atoms with van der Waals surface area (Å²) in [5.41, 5.74) is 0. The third-order valence-electron chi connectivity index (χ3n) is 0. The van der Waals surface area contributed by atoms with E-state index in [1.807, 2.05) is 0 Å². The van der Waals surface area contributed by atoms with Gasteiger partial charge in [-0.25, -0.2) is 0 Å². The van der Waals surface area contributed by atoms with Gasteiger partial charge in [-0.15, -0.1) is 26.3 Å². The highest BCUT2D eigenvalue weighted by atomic mass is 16.4. The zero-order valence-corrected chi connectivity index (χ0v) is 5.14. The maximum atomic E-state index is 8.89. The molecule has 0 N–H and O–H groups in total. The van der Waals surface area contributed by atoms with E-state index in [0.29, 0.717) is 0 Å².